The average Bonchev–Trinajstić information content (AvgIpc) is 2.25. The molecule has 2 rings (SSSR count). The molecule has 0 unspecified atom stereocenters. The molecule has 4 heteroatoms. The first-order valence-electron chi connectivity index (χ1n) is 5.24. The lowest BCUT2D eigenvalue weighted by molar-refractivity contribution is -0.132. The van der Waals surface area contributed by atoms with Gasteiger partial charge in [0.1, 0.15) is 5.75 Å². The Morgan fingerprint density at radius 3 is 2.69 bits per heavy atom. The van der Waals surface area contributed by atoms with Crippen molar-refractivity contribution >= 4 is 17.3 Å². The SMILES string of the molecule is CNc1ccc2c(c1)N(C)C(=O)C(C)(C)O2. The molecular weight excluding hydrogens is 204 g/mol. The number of carbonyl (C=O) groups is 1. The molecule has 1 heterocycles. The number of benzene rings is 1. The van der Waals surface area contributed by atoms with Gasteiger partial charge in [0, 0.05) is 19.8 Å². The highest BCUT2D eigenvalue weighted by atomic mass is 16.5. The average molecular weight is 220 g/mol. The predicted octanol–water partition coefficient (Wildman–Crippen LogP) is 1.86. The predicted molar refractivity (Wildman–Crippen MR) is 64.1 cm³/mol. The summed E-state index contributed by atoms with van der Waals surface area (Å²) in [5.74, 6) is 0.708. The lowest BCUT2D eigenvalue weighted by Gasteiger charge is -2.37. The smallest absolute Gasteiger partial charge is 0.270 e. The van der Waals surface area contributed by atoms with Crippen LogP contribution in [0, 0.1) is 0 Å². The van der Waals surface area contributed by atoms with Gasteiger partial charge in [0.15, 0.2) is 5.60 Å². The number of anilines is 2. The summed E-state index contributed by atoms with van der Waals surface area (Å²) in [5.41, 5.74) is 0.973. The zero-order chi connectivity index (χ0) is 11.9. The Kier molecular flexibility index (Phi) is 2.30. The third kappa shape index (κ3) is 1.50. The summed E-state index contributed by atoms with van der Waals surface area (Å²) in [6, 6.07) is 5.72. The number of nitrogens with one attached hydrogen (secondary N) is 1. The van der Waals surface area contributed by atoms with Crippen molar-refractivity contribution in [2.75, 3.05) is 24.3 Å². The highest BCUT2D eigenvalue weighted by molar-refractivity contribution is 6.02. The Bertz CT molecular complexity index is 441. The number of hydrogen-bond acceptors (Lipinski definition) is 3. The number of ether oxygens (including phenoxy) is 1. The van der Waals surface area contributed by atoms with E-state index in [0.717, 1.165) is 17.1 Å². The molecule has 1 amide bonds. The maximum absolute atomic E-state index is 12.0. The Morgan fingerprint density at radius 2 is 2.06 bits per heavy atom. The standard InChI is InChI=1S/C12H16N2O2/c1-12(2)11(15)14(4)9-7-8(13-3)5-6-10(9)16-12/h5-7,13H,1-4H3. The van der Waals surface area contributed by atoms with E-state index in [1.807, 2.05) is 25.2 Å². The van der Waals surface area contributed by atoms with Gasteiger partial charge in [-0.05, 0) is 32.0 Å². The van der Waals surface area contributed by atoms with E-state index in [1.165, 1.54) is 0 Å². The molecule has 0 atom stereocenters. The van der Waals surface area contributed by atoms with Gasteiger partial charge < -0.3 is 15.0 Å². The van der Waals surface area contributed by atoms with Crippen LogP contribution in [0.1, 0.15) is 13.8 Å². The fourth-order valence-electron chi connectivity index (χ4n) is 1.85. The first-order valence-corrected chi connectivity index (χ1v) is 5.24. The molecule has 0 aliphatic carbocycles. The zero-order valence-electron chi connectivity index (χ0n) is 10.00. The highest BCUT2D eigenvalue weighted by Gasteiger charge is 2.39. The molecule has 1 aromatic rings. The van der Waals surface area contributed by atoms with E-state index in [2.05, 4.69) is 5.32 Å². The summed E-state index contributed by atoms with van der Waals surface area (Å²) in [6.45, 7) is 3.56. The van der Waals surface area contributed by atoms with Crippen LogP contribution in [-0.4, -0.2) is 25.6 Å². The van der Waals surface area contributed by atoms with E-state index in [-0.39, 0.29) is 5.91 Å². The Balaban J connectivity index is 2.51. The molecule has 0 saturated carbocycles. The van der Waals surface area contributed by atoms with Crippen LogP contribution in [0.5, 0.6) is 5.75 Å². The molecule has 0 fully saturated rings. The van der Waals surface area contributed by atoms with Gasteiger partial charge in [-0.2, -0.15) is 0 Å². The zero-order valence-corrected chi connectivity index (χ0v) is 10.00. The van der Waals surface area contributed by atoms with Gasteiger partial charge in [-0.1, -0.05) is 0 Å². The summed E-state index contributed by atoms with van der Waals surface area (Å²) >= 11 is 0. The molecule has 1 aromatic carbocycles. The lowest BCUT2D eigenvalue weighted by atomic mass is 10.0. The topological polar surface area (TPSA) is 41.6 Å². The van der Waals surface area contributed by atoms with E-state index in [4.69, 9.17) is 4.74 Å². The van der Waals surface area contributed by atoms with Gasteiger partial charge in [-0.25, -0.2) is 0 Å². The first kappa shape index (κ1) is 10.8. The number of hydrogen-bond donors (Lipinski definition) is 1. The second-order valence-electron chi connectivity index (χ2n) is 4.41. The largest absolute Gasteiger partial charge is 0.476 e. The second-order valence-corrected chi connectivity index (χ2v) is 4.41. The van der Waals surface area contributed by atoms with Crippen LogP contribution in [0.25, 0.3) is 0 Å². The van der Waals surface area contributed by atoms with Crippen LogP contribution < -0.4 is 15.0 Å². The third-order valence-electron chi connectivity index (χ3n) is 2.79. The highest BCUT2D eigenvalue weighted by Crippen LogP contribution is 2.38. The maximum atomic E-state index is 12.0. The molecule has 0 radical (unpaired) electrons. The fourth-order valence-corrected chi connectivity index (χ4v) is 1.85. The van der Waals surface area contributed by atoms with E-state index in [0.29, 0.717) is 0 Å². The molecule has 0 aromatic heterocycles. The van der Waals surface area contributed by atoms with Crippen molar-refractivity contribution in [3.05, 3.63) is 18.2 Å². The van der Waals surface area contributed by atoms with Gasteiger partial charge in [0.25, 0.3) is 5.91 Å². The number of likely N-dealkylation sites (N-methyl/N-ethyl adjacent to an activating group) is 1. The van der Waals surface area contributed by atoms with Crippen LogP contribution in [0.2, 0.25) is 0 Å². The Morgan fingerprint density at radius 1 is 1.38 bits per heavy atom. The summed E-state index contributed by atoms with van der Waals surface area (Å²) in [4.78, 5) is 13.6. The van der Waals surface area contributed by atoms with Gasteiger partial charge in [0.05, 0.1) is 5.69 Å². The van der Waals surface area contributed by atoms with Gasteiger partial charge in [0.2, 0.25) is 0 Å². The minimum Gasteiger partial charge on any atom is -0.476 e. The van der Waals surface area contributed by atoms with Crippen molar-refractivity contribution in [2.45, 2.75) is 19.4 Å². The van der Waals surface area contributed by atoms with Crippen LogP contribution in [0.4, 0.5) is 11.4 Å². The van der Waals surface area contributed by atoms with Gasteiger partial charge >= 0.3 is 0 Å². The summed E-state index contributed by atoms with van der Waals surface area (Å²) in [6.07, 6.45) is 0. The van der Waals surface area contributed by atoms with Crippen molar-refractivity contribution in [3.63, 3.8) is 0 Å². The number of rotatable bonds is 1. The minimum absolute atomic E-state index is 0.0340. The summed E-state index contributed by atoms with van der Waals surface area (Å²) < 4.78 is 5.68. The fraction of sp³-hybridized carbons (Fsp3) is 0.417. The molecule has 4 nitrogen and oxygen atoms in total. The normalized spacial score (nSPS) is 17.8. The van der Waals surface area contributed by atoms with Crippen molar-refractivity contribution in [1.82, 2.24) is 0 Å². The van der Waals surface area contributed by atoms with E-state index in [1.54, 1.807) is 25.8 Å². The monoisotopic (exact) mass is 220 g/mol. The Labute approximate surface area is 95.2 Å². The number of fused-ring (bicyclic) bond motifs is 1. The number of nitrogens with zero attached hydrogens (tertiary/aromatic N) is 1. The van der Waals surface area contributed by atoms with Crippen molar-refractivity contribution in [2.24, 2.45) is 0 Å². The quantitative estimate of drug-likeness (QED) is 0.785. The maximum Gasteiger partial charge on any atom is 0.270 e. The van der Waals surface area contributed by atoms with Crippen molar-refractivity contribution in [1.29, 1.82) is 0 Å². The molecule has 16 heavy (non-hydrogen) atoms. The molecule has 0 saturated heterocycles. The molecule has 0 bridgehead atoms. The van der Waals surface area contributed by atoms with Crippen LogP contribution >= 0.6 is 0 Å². The third-order valence-corrected chi connectivity index (χ3v) is 2.79. The summed E-state index contributed by atoms with van der Waals surface area (Å²) in [5, 5.41) is 3.04. The Hall–Kier alpha value is -1.71. The summed E-state index contributed by atoms with van der Waals surface area (Å²) in [7, 11) is 3.61. The van der Waals surface area contributed by atoms with Crippen molar-refractivity contribution in [3.8, 4) is 5.75 Å². The van der Waals surface area contributed by atoms with E-state index < -0.39 is 5.60 Å². The van der Waals surface area contributed by atoms with E-state index >= 15 is 0 Å². The molecular formula is C12H16N2O2. The number of amides is 1. The first-order chi connectivity index (χ1) is 7.45. The van der Waals surface area contributed by atoms with E-state index in [9.17, 15) is 4.79 Å². The molecule has 0 spiro atoms. The molecule has 1 N–H and O–H groups in total. The van der Waals surface area contributed by atoms with Gasteiger partial charge in [-0.15, -0.1) is 0 Å². The lowest BCUT2D eigenvalue weighted by Crippen LogP contribution is -2.50. The van der Waals surface area contributed by atoms with Crippen LogP contribution in [0.15, 0.2) is 18.2 Å². The van der Waals surface area contributed by atoms with Gasteiger partial charge in [-0.3, -0.25) is 4.79 Å². The second kappa shape index (κ2) is 3.40. The molecule has 86 valence electrons. The minimum atomic E-state index is -0.789. The van der Waals surface area contributed by atoms with Crippen LogP contribution in [-0.2, 0) is 4.79 Å². The molecule has 1 aliphatic rings. The molecule has 1 aliphatic heterocycles. The number of carbonyl (C=O) groups excluding carboxylic acids is 1. The van der Waals surface area contributed by atoms with Crippen molar-refractivity contribution < 1.29 is 9.53 Å². The van der Waals surface area contributed by atoms with Crippen LogP contribution in [0.3, 0.4) is 0 Å².